The number of hydrogen-bond acceptors (Lipinski definition) is 5. The van der Waals surface area contributed by atoms with Crippen LogP contribution in [0.3, 0.4) is 0 Å². The Morgan fingerprint density at radius 2 is 2.10 bits per heavy atom. The van der Waals surface area contributed by atoms with Gasteiger partial charge in [-0.15, -0.1) is 5.10 Å². The molecule has 2 aromatic rings. The lowest BCUT2D eigenvalue weighted by Gasteiger charge is -2.17. The van der Waals surface area contributed by atoms with Gasteiger partial charge in [0.05, 0.1) is 12.2 Å². The Morgan fingerprint density at radius 3 is 2.67 bits per heavy atom. The van der Waals surface area contributed by atoms with Crippen LogP contribution in [0.5, 0.6) is 0 Å². The van der Waals surface area contributed by atoms with Gasteiger partial charge in [0.1, 0.15) is 5.82 Å². The Labute approximate surface area is 126 Å². The number of hydrogen-bond donors (Lipinski definition) is 1. The molecule has 0 radical (unpaired) electrons. The molecule has 0 amide bonds. The Balaban J connectivity index is 1.90. The SMILES string of the molecule is CC(C)CNCc1ccc(N(C)Cc2nccn2C)nn1. The van der Waals surface area contributed by atoms with Crippen LogP contribution in [0, 0.1) is 5.92 Å². The zero-order valence-corrected chi connectivity index (χ0v) is 13.2. The van der Waals surface area contributed by atoms with Gasteiger partial charge >= 0.3 is 0 Å². The summed E-state index contributed by atoms with van der Waals surface area (Å²) in [6, 6.07) is 4.02. The fourth-order valence-electron chi connectivity index (χ4n) is 1.98. The molecule has 0 fully saturated rings. The molecule has 0 aliphatic carbocycles. The summed E-state index contributed by atoms with van der Waals surface area (Å²) in [6.45, 7) is 6.84. The highest BCUT2D eigenvalue weighted by molar-refractivity contribution is 5.36. The maximum Gasteiger partial charge on any atom is 0.151 e. The summed E-state index contributed by atoms with van der Waals surface area (Å²) in [5.74, 6) is 2.49. The van der Waals surface area contributed by atoms with E-state index >= 15 is 0 Å². The molecule has 0 spiro atoms. The number of nitrogens with one attached hydrogen (secondary N) is 1. The smallest absolute Gasteiger partial charge is 0.151 e. The van der Waals surface area contributed by atoms with E-state index in [1.165, 1.54) is 0 Å². The predicted octanol–water partition coefficient (Wildman–Crippen LogP) is 1.59. The first-order valence-corrected chi connectivity index (χ1v) is 7.27. The first kappa shape index (κ1) is 15.4. The van der Waals surface area contributed by atoms with E-state index in [1.54, 1.807) is 6.20 Å². The van der Waals surface area contributed by atoms with Gasteiger partial charge in [-0.1, -0.05) is 13.8 Å². The molecule has 0 aliphatic heterocycles. The number of anilines is 1. The van der Waals surface area contributed by atoms with Gasteiger partial charge in [-0.2, -0.15) is 5.10 Å². The zero-order valence-electron chi connectivity index (χ0n) is 13.2. The molecule has 0 atom stereocenters. The monoisotopic (exact) mass is 288 g/mol. The topological polar surface area (TPSA) is 58.9 Å². The van der Waals surface area contributed by atoms with E-state index < -0.39 is 0 Å². The van der Waals surface area contributed by atoms with Crippen LogP contribution in [0.1, 0.15) is 25.4 Å². The largest absolute Gasteiger partial charge is 0.351 e. The second-order valence-electron chi connectivity index (χ2n) is 5.72. The summed E-state index contributed by atoms with van der Waals surface area (Å²) in [4.78, 5) is 6.36. The molecule has 0 saturated carbocycles. The van der Waals surface area contributed by atoms with Crippen LogP contribution in [-0.2, 0) is 20.1 Å². The minimum atomic E-state index is 0.640. The van der Waals surface area contributed by atoms with Gasteiger partial charge in [-0.05, 0) is 24.6 Å². The van der Waals surface area contributed by atoms with Crippen molar-refractivity contribution in [1.82, 2.24) is 25.1 Å². The molecule has 0 unspecified atom stereocenters. The maximum absolute atomic E-state index is 4.32. The second-order valence-corrected chi connectivity index (χ2v) is 5.72. The fraction of sp³-hybridized carbons (Fsp3) is 0.533. The fourth-order valence-corrected chi connectivity index (χ4v) is 1.98. The van der Waals surface area contributed by atoms with Gasteiger partial charge in [0.25, 0.3) is 0 Å². The van der Waals surface area contributed by atoms with E-state index in [-0.39, 0.29) is 0 Å². The average molecular weight is 288 g/mol. The minimum Gasteiger partial charge on any atom is -0.351 e. The van der Waals surface area contributed by atoms with Gasteiger partial charge in [0.15, 0.2) is 5.82 Å². The first-order chi connectivity index (χ1) is 10.1. The van der Waals surface area contributed by atoms with Crippen molar-refractivity contribution in [2.24, 2.45) is 13.0 Å². The van der Waals surface area contributed by atoms with Gasteiger partial charge in [0.2, 0.25) is 0 Å². The van der Waals surface area contributed by atoms with Crippen molar-refractivity contribution in [1.29, 1.82) is 0 Å². The summed E-state index contributed by atoms with van der Waals surface area (Å²) in [5, 5.41) is 11.9. The molecule has 1 N–H and O–H groups in total. The zero-order chi connectivity index (χ0) is 15.2. The normalized spacial score (nSPS) is 11.1. The number of imidazole rings is 1. The molecular formula is C15H24N6. The van der Waals surface area contributed by atoms with E-state index in [2.05, 4.69) is 34.3 Å². The first-order valence-electron chi connectivity index (χ1n) is 7.27. The van der Waals surface area contributed by atoms with Crippen LogP contribution in [-0.4, -0.2) is 33.3 Å². The van der Waals surface area contributed by atoms with Gasteiger partial charge < -0.3 is 14.8 Å². The number of aromatic nitrogens is 4. The van der Waals surface area contributed by atoms with Gasteiger partial charge in [0, 0.05) is 33.0 Å². The molecular weight excluding hydrogens is 264 g/mol. The molecule has 0 aromatic carbocycles. The van der Waals surface area contributed by atoms with Crippen molar-refractivity contribution in [2.75, 3.05) is 18.5 Å². The summed E-state index contributed by atoms with van der Waals surface area (Å²) in [6.07, 6.45) is 3.75. The third-order valence-electron chi connectivity index (χ3n) is 3.26. The summed E-state index contributed by atoms with van der Waals surface area (Å²) in [7, 11) is 3.99. The molecule has 0 saturated heterocycles. The lowest BCUT2D eigenvalue weighted by atomic mass is 10.2. The number of nitrogens with zero attached hydrogens (tertiary/aromatic N) is 5. The quantitative estimate of drug-likeness (QED) is 0.838. The highest BCUT2D eigenvalue weighted by Gasteiger charge is 2.07. The molecule has 2 aromatic heterocycles. The van der Waals surface area contributed by atoms with Crippen molar-refractivity contribution in [3.63, 3.8) is 0 Å². The average Bonchev–Trinajstić information content (AvgIpc) is 2.84. The van der Waals surface area contributed by atoms with Gasteiger partial charge in [-0.25, -0.2) is 4.98 Å². The Hall–Kier alpha value is -1.95. The molecule has 2 rings (SSSR count). The van der Waals surface area contributed by atoms with Crippen LogP contribution in [0.2, 0.25) is 0 Å². The molecule has 114 valence electrons. The van der Waals surface area contributed by atoms with E-state index in [1.807, 2.05) is 41.9 Å². The van der Waals surface area contributed by atoms with Crippen LogP contribution < -0.4 is 10.2 Å². The van der Waals surface area contributed by atoms with E-state index in [0.717, 1.165) is 30.4 Å². The van der Waals surface area contributed by atoms with Crippen LogP contribution >= 0.6 is 0 Å². The standard InChI is InChI=1S/C15H24N6/c1-12(2)9-16-10-13-5-6-14(19-18-13)21(4)11-15-17-7-8-20(15)3/h5-8,12,16H,9-11H2,1-4H3. The molecule has 0 bridgehead atoms. The third kappa shape index (κ3) is 4.53. The van der Waals surface area contributed by atoms with Crippen LogP contribution in [0.25, 0.3) is 0 Å². The molecule has 0 aliphatic rings. The van der Waals surface area contributed by atoms with Crippen molar-refractivity contribution in [3.05, 3.63) is 36.0 Å². The Bertz CT molecular complexity index is 546. The summed E-state index contributed by atoms with van der Waals surface area (Å²) < 4.78 is 2.01. The summed E-state index contributed by atoms with van der Waals surface area (Å²) >= 11 is 0. The van der Waals surface area contributed by atoms with Crippen molar-refractivity contribution >= 4 is 5.82 Å². The van der Waals surface area contributed by atoms with Crippen LogP contribution in [0.4, 0.5) is 5.82 Å². The van der Waals surface area contributed by atoms with Crippen molar-refractivity contribution in [2.45, 2.75) is 26.9 Å². The molecule has 21 heavy (non-hydrogen) atoms. The third-order valence-corrected chi connectivity index (χ3v) is 3.26. The van der Waals surface area contributed by atoms with E-state index in [9.17, 15) is 0 Å². The van der Waals surface area contributed by atoms with Gasteiger partial charge in [-0.3, -0.25) is 0 Å². The lowest BCUT2D eigenvalue weighted by Crippen LogP contribution is -2.22. The lowest BCUT2D eigenvalue weighted by molar-refractivity contribution is 0.546. The predicted molar refractivity (Wildman–Crippen MR) is 83.9 cm³/mol. The Kier molecular flexibility index (Phi) is 5.27. The molecule has 6 heteroatoms. The number of rotatable bonds is 7. The van der Waals surface area contributed by atoms with Crippen molar-refractivity contribution in [3.8, 4) is 0 Å². The maximum atomic E-state index is 4.32. The highest BCUT2D eigenvalue weighted by atomic mass is 15.3. The Morgan fingerprint density at radius 1 is 1.29 bits per heavy atom. The summed E-state index contributed by atoms with van der Waals surface area (Å²) in [5.41, 5.74) is 0.963. The second kappa shape index (κ2) is 7.17. The van der Waals surface area contributed by atoms with E-state index in [4.69, 9.17) is 0 Å². The molecule has 2 heterocycles. The molecule has 6 nitrogen and oxygen atoms in total. The minimum absolute atomic E-state index is 0.640. The van der Waals surface area contributed by atoms with E-state index in [0.29, 0.717) is 12.5 Å². The highest BCUT2D eigenvalue weighted by Crippen LogP contribution is 2.10. The number of aryl methyl sites for hydroxylation is 1. The van der Waals surface area contributed by atoms with Crippen molar-refractivity contribution < 1.29 is 0 Å². The van der Waals surface area contributed by atoms with Crippen LogP contribution in [0.15, 0.2) is 24.5 Å².